The molecule has 4 heteroatoms. The van der Waals surface area contributed by atoms with E-state index in [4.69, 9.17) is 5.73 Å². The minimum Gasteiger partial charge on any atom is -0.369 e. The van der Waals surface area contributed by atoms with Gasteiger partial charge in [-0.25, -0.2) is 9.38 Å². The van der Waals surface area contributed by atoms with E-state index in [0.717, 1.165) is 11.4 Å². The molecule has 19 heavy (non-hydrogen) atoms. The maximum Gasteiger partial charge on any atom is 0.201 e. The van der Waals surface area contributed by atoms with Gasteiger partial charge in [-0.15, -0.1) is 0 Å². The first-order valence-electron chi connectivity index (χ1n) is 6.13. The van der Waals surface area contributed by atoms with E-state index in [1.54, 1.807) is 12.1 Å². The summed E-state index contributed by atoms with van der Waals surface area (Å²) in [5, 5.41) is 0. The Morgan fingerprint density at radius 2 is 1.74 bits per heavy atom. The van der Waals surface area contributed by atoms with E-state index in [1.165, 1.54) is 12.1 Å². The highest BCUT2D eigenvalue weighted by Gasteiger charge is 2.08. The number of rotatable bonds is 3. The van der Waals surface area contributed by atoms with Crippen molar-refractivity contribution in [3.63, 3.8) is 0 Å². The minimum absolute atomic E-state index is 0.265. The topological polar surface area (TPSA) is 41.6 Å². The maximum atomic E-state index is 12.9. The highest BCUT2D eigenvalue weighted by atomic mass is 19.1. The van der Waals surface area contributed by atoms with Crippen molar-refractivity contribution in [1.29, 1.82) is 0 Å². The van der Waals surface area contributed by atoms with Crippen LogP contribution in [0.5, 0.6) is 0 Å². The Kier molecular flexibility index (Phi) is 4.13. The van der Waals surface area contributed by atoms with E-state index >= 15 is 0 Å². The summed E-state index contributed by atoms with van der Waals surface area (Å²) in [5.74, 6) is 0.124. The van der Waals surface area contributed by atoms with E-state index in [1.807, 2.05) is 42.2 Å². The zero-order valence-electron chi connectivity index (χ0n) is 10.8. The molecule has 0 aromatic heterocycles. The number of aliphatic imine (C=N–C) groups is 1. The molecule has 2 rings (SSSR count). The summed E-state index contributed by atoms with van der Waals surface area (Å²) < 4.78 is 12.9. The highest BCUT2D eigenvalue weighted by Crippen LogP contribution is 2.16. The van der Waals surface area contributed by atoms with E-state index in [0.29, 0.717) is 12.5 Å². The first-order valence-corrected chi connectivity index (χ1v) is 6.13. The molecule has 0 aliphatic heterocycles. The Balaban J connectivity index is 2.26. The lowest BCUT2D eigenvalue weighted by Crippen LogP contribution is -2.37. The van der Waals surface area contributed by atoms with Crippen molar-refractivity contribution in [1.82, 2.24) is 0 Å². The Labute approximate surface area is 112 Å². The van der Waals surface area contributed by atoms with Gasteiger partial charge in [0.05, 0.1) is 5.69 Å². The van der Waals surface area contributed by atoms with Crippen molar-refractivity contribution < 1.29 is 4.39 Å². The second-order valence-electron chi connectivity index (χ2n) is 4.03. The molecule has 2 aromatic rings. The molecule has 0 heterocycles. The third-order valence-corrected chi connectivity index (χ3v) is 2.73. The zero-order valence-corrected chi connectivity index (χ0v) is 10.8. The van der Waals surface area contributed by atoms with Crippen LogP contribution in [0.1, 0.15) is 6.92 Å². The molecule has 0 aliphatic rings. The van der Waals surface area contributed by atoms with Crippen LogP contribution < -0.4 is 10.6 Å². The van der Waals surface area contributed by atoms with Gasteiger partial charge in [0.25, 0.3) is 0 Å². The van der Waals surface area contributed by atoms with Crippen LogP contribution >= 0.6 is 0 Å². The standard InChI is InChI=1S/C15H16FN3/c1-2-19(14-10-8-12(16)9-11-14)15(17)18-13-6-4-3-5-7-13/h3-11H,2H2,1H3,(H2,17,18). The molecule has 0 unspecified atom stereocenters. The number of nitrogens with two attached hydrogens (primary N) is 1. The van der Waals surface area contributed by atoms with Crippen molar-refractivity contribution >= 4 is 17.3 Å². The molecule has 0 saturated carbocycles. The molecule has 2 aromatic carbocycles. The molecule has 3 nitrogen and oxygen atoms in total. The number of anilines is 1. The molecule has 0 atom stereocenters. The van der Waals surface area contributed by atoms with Crippen LogP contribution in [0.4, 0.5) is 15.8 Å². The SMILES string of the molecule is CCN(C(N)=Nc1ccccc1)c1ccc(F)cc1. The molecule has 0 aliphatic carbocycles. The van der Waals surface area contributed by atoms with Gasteiger partial charge in [0.2, 0.25) is 5.96 Å². The van der Waals surface area contributed by atoms with Gasteiger partial charge in [0, 0.05) is 12.2 Å². The van der Waals surface area contributed by atoms with Crippen LogP contribution in [0, 0.1) is 5.82 Å². The Hall–Kier alpha value is -2.36. The van der Waals surface area contributed by atoms with E-state index < -0.39 is 0 Å². The van der Waals surface area contributed by atoms with Crippen molar-refractivity contribution in [3.8, 4) is 0 Å². The smallest absolute Gasteiger partial charge is 0.201 e. The third kappa shape index (κ3) is 3.31. The van der Waals surface area contributed by atoms with E-state index in [-0.39, 0.29) is 5.82 Å². The van der Waals surface area contributed by atoms with Crippen LogP contribution in [-0.4, -0.2) is 12.5 Å². The first-order chi connectivity index (χ1) is 9.20. The number of hydrogen-bond donors (Lipinski definition) is 1. The lowest BCUT2D eigenvalue weighted by atomic mass is 10.3. The minimum atomic E-state index is -0.265. The fourth-order valence-electron chi connectivity index (χ4n) is 1.79. The maximum absolute atomic E-state index is 12.9. The number of hydrogen-bond acceptors (Lipinski definition) is 1. The largest absolute Gasteiger partial charge is 0.369 e. The van der Waals surface area contributed by atoms with Crippen LogP contribution in [0.15, 0.2) is 59.6 Å². The third-order valence-electron chi connectivity index (χ3n) is 2.73. The summed E-state index contributed by atoms with van der Waals surface area (Å²) in [7, 11) is 0. The second-order valence-corrected chi connectivity index (χ2v) is 4.03. The summed E-state index contributed by atoms with van der Waals surface area (Å²) in [4.78, 5) is 6.18. The lowest BCUT2D eigenvalue weighted by molar-refractivity contribution is 0.628. The summed E-state index contributed by atoms with van der Waals surface area (Å²) in [6.45, 7) is 2.63. The molecule has 0 spiro atoms. The van der Waals surface area contributed by atoms with Gasteiger partial charge in [-0.3, -0.25) is 0 Å². The van der Waals surface area contributed by atoms with Crippen LogP contribution in [0.2, 0.25) is 0 Å². The molecule has 0 radical (unpaired) electrons. The predicted octanol–water partition coefficient (Wildman–Crippen LogP) is 3.30. The monoisotopic (exact) mass is 257 g/mol. The Morgan fingerprint density at radius 1 is 1.11 bits per heavy atom. The van der Waals surface area contributed by atoms with Gasteiger partial charge in [-0.2, -0.15) is 0 Å². The summed E-state index contributed by atoms with van der Waals surface area (Å²) in [6, 6.07) is 15.7. The van der Waals surface area contributed by atoms with Gasteiger partial charge >= 0.3 is 0 Å². The van der Waals surface area contributed by atoms with Crippen molar-refractivity contribution in [2.24, 2.45) is 10.7 Å². The van der Waals surface area contributed by atoms with Crippen molar-refractivity contribution in [2.45, 2.75) is 6.92 Å². The lowest BCUT2D eigenvalue weighted by Gasteiger charge is -2.21. The van der Waals surface area contributed by atoms with Crippen LogP contribution in [-0.2, 0) is 0 Å². The van der Waals surface area contributed by atoms with Crippen LogP contribution in [0.25, 0.3) is 0 Å². The normalized spacial score (nSPS) is 11.4. The van der Waals surface area contributed by atoms with E-state index in [2.05, 4.69) is 4.99 Å². The summed E-state index contributed by atoms with van der Waals surface area (Å²) in [5.41, 5.74) is 7.63. The molecular weight excluding hydrogens is 241 g/mol. The molecule has 2 N–H and O–H groups in total. The molecule has 0 amide bonds. The fourth-order valence-corrected chi connectivity index (χ4v) is 1.79. The van der Waals surface area contributed by atoms with Crippen molar-refractivity contribution in [3.05, 3.63) is 60.4 Å². The molecule has 0 fully saturated rings. The molecule has 98 valence electrons. The quantitative estimate of drug-likeness (QED) is 0.677. The fraction of sp³-hybridized carbons (Fsp3) is 0.133. The van der Waals surface area contributed by atoms with Gasteiger partial charge in [0.15, 0.2) is 0 Å². The predicted molar refractivity (Wildman–Crippen MR) is 77.1 cm³/mol. The Morgan fingerprint density at radius 3 is 2.32 bits per heavy atom. The van der Waals surface area contributed by atoms with Gasteiger partial charge in [-0.05, 0) is 43.3 Å². The summed E-state index contributed by atoms with van der Waals surface area (Å²) >= 11 is 0. The number of guanidine groups is 1. The van der Waals surface area contributed by atoms with Crippen molar-refractivity contribution in [2.75, 3.05) is 11.4 Å². The number of nitrogens with zero attached hydrogens (tertiary/aromatic N) is 2. The Bertz CT molecular complexity index is 549. The first kappa shape index (κ1) is 13.1. The molecule has 0 saturated heterocycles. The zero-order chi connectivity index (χ0) is 13.7. The average Bonchev–Trinajstić information content (AvgIpc) is 2.43. The molecular formula is C15H16FN3. The molecule has 0 bridgehead atoms. The highest BCUT2D eigenvalue weighted by molar-refractivity contribution is 5.96. The summed E-state index contributed by atoms with van der Waals surface area (Å²) in [6.07, 6.45) is 0. The second kappa shape index (κ2) is 6.00. The average molecular weight is 257 g/mol. The van der Waals surface area contributed by atoms with Gasteiger partial charge in [0.1, 0.15) is 5.82 Å². The number of benzene rings is 2. The number of para-hydroxylation sites is 1. The number of halogens is 1. The van der Waals surface area contributed by atoms with Crippen LogP contribution in [0.3, 0.4) is 0 Å². The van der Waals surface area contributed by atoms with Gasteiger partial charge in [-0.1, -0.05) is 18.2 Å². The van der Waals surface area contributed by atoms with E-state index in [9.17, 15) is 4.39 Å². The van der Waals surface area contributed by atoms with Gasteiger partial charge < -0.3 is 10.6 Å².